The molecule has 0 amide bonds. The van der Waals surface area contributed by atoms with Crippen molar-refractivity contribution in [2.24, 2.45) is 0 Å². The second-order valence-corrected chi connectivity index (χ2v) is 4.39. The molecule has 0 aliphatic rings. The summed E-state index contributed by atoms with van der Waals surface area (Å²) in [4.78, 5) is 11.3. The number of carbonyl (C=O) groups excluding carboxylic acids is 1. The van der Waals surface area contributed by atoms with E-state index in [1.54, 1.807) is 0 Å². The Morgan fingerprint density at radius 3 is 2.18 bits per heavy atom. The molecule has 2 rings (SSSR count). The summed E-state index contributed by atoms with van der Waals surface area (Å²) in [5.41, 5.74) is -0.786. The van der Waals surface area contributed by atoms with Gasteiger partial charge in [-0.25, -0.2) is 0 Å². The maximum absolute atomic E-state index is 12.6. The van der Waals surface area contributed by atoms with Crippen LogP contribution in [-0.4, -0.2) is 22.3 Å². The second kappa shape index (κ2) is 6.17. The lowest BCUT2D eigenvalue weighted by Gasteiger charge is -2.10. The van der Waals surface area contributed by atoms with Crippen molar-refractivity contribution in [3.05, 3.63) is 59.7 Å². The van der Waals surface area contributed by atoms with Gasteiger partial charge >= 0.3 is 6.18 Å². The smallest absolute Gasteiger partial charge is 0.416 e. The van der Waals surface area contributed by atoms with E-state index in [0.717, 1.165) is 12.1 Å². The van der Waals surface area contributed by atoms with E-state index < -0.39 is 23.8 Å². The van der Waals surface area contributed by atoms with E-state index in [-0.39, 0.29) is 17.1 Å². The molecule has 2 aromatic rings. The van der Waals surface area contributed by atoms with Gasteiger partial charge < -0.3 is 14.9 Å². The van der Waals surface area contributed by atoms with Crippen molar-refractivity contribution in [1.29, 1.82) is 0 Å². The Hall–Kier alpha value is -2.38. The number of benzene rings is 2. The third kappa shape index (κ3) is 3.84. The quantitative estimate of drug-likeness (QED) is 0.673. The fourth-order valence-electron chi connectivity index (χ4n) is 1.71. The first-order chi connectivity index (χ1) is 10.3. The minimum absolute atomic E-state index is 0.00362. The zero-order valence-electron chi connectivity index (χ0n) is 11.0. The number of Topliss-reactive ketones (excluding diaryl/α,β-unsaturated/α-hetero) is 1. The first-order valence-electron chi connectivity index (χ1n) is 6.13. The van der Waals surface area contributed by atoms with E-state index in [4.69, 9.17) is 14.9 Å². The number of aliphatic hydroxyl groups is 2. The molecule has 0 saturated heterocycles. The Bertz CT molecular complexity index is 663. The normalized spacial score (nSPS) is 11.5. The maximum atomic E-state index is 12.6. The minimum atomic E-state index is -4.47. The highest BCUT2D eigenvalue weighted by molar-refractivity contribution is 5.98. The fraction of sp³-hybridized carbons (Fsp3) is 0.133. The number of hydrogen-bond acceptors (Lipinski definition) is 4. The summed E-state index contributed by atoms with van der Waals surface area (Å²) in [6, 6.07) is 9.62. The van der Waals surface area contributed by atoms with Crippen molar-refractivity contribution in [3.8, 4) is 11.5 Å². The van der Waals surface area contributed by atoms with Crippen LogP contribution in [0.1, 0.15) is 15.9 Å². The van der Waals surface area contributed by atoms with Crippen molar-refractivity contribution >= 4 is 5.78 Å². The van der Waals surface area contributed by atoms with E-state index in [1.807, 2.05) is 0 Å². The van der Waals surface area contributed by atoms with Crippen molar-refractivity contribution < 1.29 is 32.9 Å². The molecule has 2 N–H and O–H groups in total. The lowest BCUT2D eigenvalue weighted by Crippen LogP contribution is -2.19. The van der Waals surface area contributed by atoms with E-state index in [2.05, 4.69) is 0 Å². The number of ketones is 1. The number of rotatable bonds is 4. The monoisotopic (exact) mass is 312 g/mol. The summed E-state index contributed by atoms with van der Waals surface area (Å²) >= 11 is 0. The topological polar surface area (TPSA) is 66.8 Å². The van der Waals surface area contributed by atoms with Crippen molar-refractivity contribution in [1.82, 2.24) is 0 Å². The Balaban J connectivity index is 2.16. The molecule has 0 saturated carbocycles. The summed E-state index contributed by atoms with van der Waals surface area (Å²) in [5.74, 6) is -0.676. The van der Waals surface area contributed by atoms with Gasteiger partial charge in [0.05, 0.1) is 5.56 Å². The Morgan fingerprint density at radius 1 is 1.00 bits per heavy atom. The molecule has 0 fully saturated rings. The highest BCUT2D eigenvalue weighted by Gasteiger charge is 2.30. The number of aliphatic hydroxyl groups excluding tert-OH is 1. The molecule has 0 spiro atoms. The molecule has 0 heterocycles. The number of halogens is 3. The predicted octanol–water partition coefficient (Wildman–Crippen LogP) is 2.99. The summed E-state index contributed by atoms with van der Waals surface area (Å²) in [6.07, 6.45) is -6.58. The zero-order valence-corrected chi connectivity index (χ0v) is 11.0. The largest absolute Gasteiger partial charge is 0.457 e. The number of carbonyl (C=O) groups is 1. The average Bonchev–Trinajstić information content (AvgIpc) is 2.46. The number of hydrogen-bond donors (Lipinski definition) is 2. The molecule has 0 atom stereocenters. The van der Waals surface area contributed by atoms with Gasteiger partial charge in [-0.05, 0) is 42.5 Å². The molecule has 4 nitrogen and oxygen atoms in total. The van der Waals surface area contributed by atoms with Gasteiger partial charge in [-0.2, -0.15) is 13.2 Å². The molecule has 0 bridgehead atoms. The van der Waals surface area contributed by atoms with Crippen LogP contribution in [0.4, 0.5) is 13.2 Å². The first kappa shape index (κ1) is 16.0. The zero-order chi connectivity index (χ0) is 16.3. The van der Waals surface area contributed by atoms with Crippen LogP contribution in [0.15, 0.2) is 48.5 Å². The highest BCUT2D eigenvalue weighted by Crippen LogP contribution is 2.32. The number of alkyl halides is 3. The van der Waals surface area contributed by atoms with Crippen LogP contribution < -0.4 is 4.74 Å². The molecule has 22 heavy (non-hydrogen) atoms. The van der Waals surface area contributed by atoms with Crippen LogP contribution >= 0.6 is 0 Å². The van der Waals surface area contributed by atoms with Crippen LogP contribution in [0, 0.1) is 0 Å². The molecule has 0 aromatic heterocycles. The molecular formula is C15H11F3O4. The molecular weight excluding hydrogens is 301 g/mol. The van der Waals surface area contributed by atoms with E-state index in [1.165, 1.54) is 36.4 Å². The van der Waals surface area contributed by atoms with E-state index >= 15 is 0 Å². The van der Waals surface area contributed by atoms with Gasteiger partial charge in [-0.3, -0.25) is 4.79 Å². The second-order valence-electron chi connectivity index (χ2n) is 4.39. The molecule has 0 aliphatic heterocycles. The standard InChI is InChI=1S/C15H11F3O4/c16-15(17,18)10-2-1-3-12(8-10)22-11-6-4-9(5-7-11)13(19)14(20)21/h1-8,14,20-21H. The lowest BCUT2D eigenvalue weighted by atomic mass is 10.1. The molecule has 0 unspecified atom stereocenters. The molecule has 0 radical (unpaired) electrons. The molecule has 0 aliphatic carbocycles. The maximum Gasteiger partial charge on any atom is 0.416 e. The van der Waals surface area contributed by atoms with Crippen LogP contribution in [0.2, 0.25) is 0 Å². The van der Waals surface area contributed by atoms with Gasteiger partial charge in [0.2, 0.25) is 12.1 Å². The summed E-state index contributed by atoms with van der Waals surface area (Å²) in [7, 11) is 0. The third-order valence-electron chi connectivity index (χ3n) is 2.77. The summed E-state index contributed by atoms with van der Waals surface area (Å²) in [6.45, 7) is 0. The molecule has 2 aromatic carbocycles. The summed E-state index contributed by atoms with van der Waals surface area (Å²) < 4.78 is 43.0. The van der Waals surface area contributed by atoms with Gasteiger partial charge in [0.25, 0.3) is 0 Å². The van der Waals surface area contributed by atoms with Gasteiger partial charge in [0, 0.05) is 5.56 Å². The van der Waals surface area contributed by atoms with Gasteiger partial charge in [-0.15, -0.1) is 0 Å². The number of ether oxygens (including phenoxy) is 1. The van der Waals surface area contributed by atoms with Crippen LogP contribution in [0.3, 0.4) is 0 Å². The Labute approximate surface area is 123 Å². The van der Waals surface area contributed by atoms with Crippen LogP contribution in [-0.2, 0) is 6.18 Å². The average molecular weight is 312 g/mol. The third-order valence-corrected chi connectivity index (χ3v) is 2.77. The SMILES string of the molecule is O=C(c1ccc(Oc2cccc(C(F)(F)F)c2)cc1)C(O)O. The predicted molar refractivity (Wildman–Crippen MR) is 70.5 cm³/mol. The summed E-state index contributed by atoms with van der Waals surface area (Å²) in [5, 5.41) is 17.5. The van der Waals surface area contributed by atoms with Crippen molar-refractivity contribution in [3.63, 3.8) is 0 Å². The first-order valence-corrected chi connectivity index (χ1v) is 6.13. The highest BCUT2D eigenvalue weighted by atomic mass is 19.4. The van der Waals surface area contributed by atoms with Gasteiger partial charge in [0.15, 0.2) is 0 Å². The lowest BCUT2D eigenvalue weighted by molar-refractivity contribution is -0.137. The van der Waals surface area contributed by atoms with Crippen molar-refractivity contribution in [2.75, 3.05) is 0 Å². The van der Waals surface area contributed by atoms with E-state index in [9.17, 15) is 18.0 Å². The molecule has 116 valence electrons. The Kier molecular flexibility index (Phi) is 4.48. The van der Waals surface area contributed by atoms with Gasteiger partial charge in [0.1, 0.15) is 11.5 Å². The molecule has 7 heteroatoms. The Morgan fingerprint density at radius 2 is 1.64 bits per heavy atom. The fourth-order valence-corrected chi connectivity index (χ4v) is 1.71. The van der Waals surface area contributed by atoms with Crippen LogP contribution in [0.25, 0.3) is 0 Å². The van der Waals surface area contributed by atoms with Crippen molar-refractivity contribution in [2.45, 2.75) is 12.5 Å². The minimum Gasteiger partial charge on any atom is -0.457 e. The van der Waals surface area contributed by atoms with E-state index in [0.29, 0.717) is 0 Å². The van der Waals surface area contributed by atoms with Gasteiger partial charge in [-0.1, -0.05) is 6.07 Å². The van der Waals surface area contributed by atoms with Crippen LogP contribution in [0.5, 0.6) is 11.5 Å².